The van der Waals surface area contributed by atoms with Gasteiger partial charge in [0.05, 0.1) is 23.1 Å². The molecule has 2 unspecified atom stereocenters. The number of benzene rings is 2. The van der Waals surface area contributed by atoms with Gasteiger partial charge in [-0.15, -0.1) is 5.10 Å². The van der Waals surface area contributed by atoms with E-state index in [0.29, 0.717) is 17.1 Å². The highest BCUT2D eigenvalue weighted by atomic mass is 19.4. The maximum atomic E-state index is 13.1. The molecule has 0 spiro atoms. The molecule has 0 fully saturated rings. The molecule has 0 bridgehead atoms. The summed E-state index contributed by atoms with van der Waals surface area (Å²) in [4.78, 5) is 12.2. The molecule has 0 saturated heterocycles. The van der Waals surface area contributed by atoms with E-state index < -0.39 is 23.9 Å². The van der Waals surface area contributed by atoms with Gasteiger partial charge in [-0.2, -0.15) is 13.2 Å². The van der Waals surface area contributed by atoms with Gasteiger partial charge >= 0.3 is 12.2 Å². The third-order valence-electron chi connectivity index (χ3n) is 4.97. The number of anilines is 2. The van der Waals surface area contributed by atoms with Crippen LogP contribution in [0.1, 0.15) is 44.1 Å². The molecular formula is C22H24F3N5O2. The van der Waals surface area contributed by atoms with E-state index in [-0.39, 0.29) is 11.6 Å². The smallest absolute Gasteiger partial charge is 0.386 e. The average Bonchev–Trinajstić information content (AvgIpc) is 3.23. The first-order valence-electron chi connectivity index (χ1n) is 10.1. The lowest BCUT2D eigenvalue weighted by atomic mass is 9.97. The quantitative estimate of drug-likeness (QED) is 0.452. The summed E-state index contributed by atoms with van der Waals surface area (Å²) in [5.74, 6) is 0.0534. The fourth-order valence-corrected chi connectivity index (χ4v) is 3.26. The lowest BCUT2D eigenvalue weighted by molar-refractivity contribution is -0.136. The molecule has 3 aromatic rings. The highest BCUT2D eigenvalue weighted by Gasteiger charge is 2.33. The predicted octanol–water partition coefficient (Wildman–Crippen LogP) is 5.40. The van der Waals surface area contributed by atoms with Crippen LogP contribution in [0, 0.1) is 5.92 Å². The molecule has 2 aromatic carbocycles. The number of para-hydroxylation sites is 1. The van der Waals surface area contributed by atoms with Crippen LogP contribution in [0.4, 0.5) is 29.3 Å². The number of alkyl halides is 3. The van der Waals surface area contributed by atoms with Gasteiger partial charge in [-0.3, -0.25) is 0 Å². The average molecular weight is 447 g/mol. The van der Waals surface area contributed by atoms with Crippen LogP contribution >= 0.6 is 0 Å². The number of aliphatic hydroxyl groups excluding tert-OH is 1. The molecule has 0 aliphatic heterocycles. The van der Waals surface area contributed by atoms with Crippen LogP contribution in [0.25, 0.3) is 5.69 Å². The molecule has 3 N–H and O–H groups in total. The van der Waals surface area contributed by atoms with Crippen molar-refractivity contribution in [1.29, 1.82) is 0 Å². The Labute approximate surface area is 183 Å². The molecule has 3 rings (SSSR count). The van der Waals surface area contributed by atoms with Crippen molar-refractivity contribution in [2.45, 2.75) is 39.0 Å². The van der Waals surface area contributed by atoms with Crippen LogP contribution in [0.3, 0.4) is 0 Å². The van der Waals surface area contributed by atoms with E-state index in [1.807, 2.05) is 13.8 Å². The molecular weight excluding hydrogens is 423 g/mol. The van der Waals surface area contributed by atoms with Crippen LogP contribution in [-0.2, 0) is 6.18 Å². The van der Waals surface area contributed by atoms with Crippen molar-refractivity contribution < 1.29 is 23.1 Å². The molecule has 0 aliphatic rings. The number of hydrogen-bond donors (Lipinski definition) is 3. The van der Waals surface area contributed by atoms with E-state index in [9.17, 15) is 23.1 Å². The predicted molar refractivity (Wildman–Crippen MR) is 114 cm³/mol. The molecule has 10 heteroatoms. The second kappa shape index (κ2) is 9.82. The zero-order valence-electron chi connectivity index (χ0n) is 17.6. The topological polar surface area (TPSA) is 92.1 Å². The summed E-state index contributed by atoms with van der Waals surface area (Å²) in [7, 11) is 0. The van der Waals surface area contributed by atoms with Crippen LogP contribution in [0.5, 0.6) is 0 Å². The van der Waals surface area contributed by atoms with E-state index >= 15 is 0 Å². The number of carbonyl (C=O) groups excluding carboxylic acids is 1. The molecule has 0 radical (unpaired) electrons. The fraction of sp³-hybridized carbons (Fsp3) is 0.318. The molecule has 2 atom stereocenters. The summed E-state index contributed by atoms with van der Waals surface area (Å²) in [5, 5.41) is 23.2. The molecule has 0 aliphatic carbocycles. The number of nitrogens with one attached hydrogen (secondary N) is 2. The van der Waals surface area contributed by atoms with Gasteiger partial charge in [0.1, 0.15) is 11.8 Å². The van der Waals surface area contributed by atoms with Crippen molar-refractivity contribution in [3.8, 4) is 5.69 Å². The van der Waals surface area contributed by atoms with Crippen molar-refractivity contribution in [2.75, 3.05) is 10.6 Å². The highest BCUT2D eigenvalue weighted by Crippen LogP contribution is 2.34. The molecule has 1 heterocycles. The molecule has 1 aromatic heterocycles. The summed E-state index contributed by atoms with van der Waals surface area (Å²) >= 11 is 0. The van der Waals surface area contributed by atoms with Gasteiger partial charge in [0.2, 0.25) is 0 Å². The Morgan fingerprint density at radius 1 is 1.12 bits per heavy atom. The number of aliphatic hydroxyl groups is 1. The van der Waals surface area contributed by atoms with Crippen molar-refractivity contribution in [3.05, 3.63) is 66.0 Å². The van der Waals surface area contributed by atoms with Crippen molar-refractivity contribution in [2.24, 2.45) is 5.92 Å². The van der Waals surface area contributed by atoms with Gasteiger partial charge in [-0.05, 0) is 48.7 Å². The maximum absolute atomic E-state index is 13.1. The van der Waals surface area contributed by atoms with E-state index in [0.717, 1.165) is 18.9 Å². The molecule has 7 nitrogen and oxygen atoms in total. The SMILES string of the molecule is CCCC(C)C(O)c1cn(-c2ccc(NC(=O)Nc3ccccc3C(F)(F)F)cc2)nn1. The van der Waals surface area contributed by atoms with Gasteiger partial charge in [0, 0.05) is 5.69 Å². The molecule has 32 heavy (non-hydrogen) atoms. The number of hydrogen-bond acceptors (Lipinski definition) is 4. The minimum atomic E-state index is -4.58. The number of rotatable bonds is 7. The normalized spacial score (nSPS) is 13.4. The Morgan fingerprint density at radius 2 is 1.81 bits per heavy atom. The van der Waals surface area contributed by atoms with E-state index in [4.69, 9.17) is 0 Å². The molecule has 2 amide bonds. The molecule has 170 valence electrons. The number of nitrogens with zero attached hydrogens (tertiary/aromatic N) is 3. The Balaban J connectivity index is 1.65. The van der Waals surface area contributed by atoms with E-state index in [2.05, 4.69) is 20.9 Å². The number of urea groups is 1. The summed E-state index contributed by atoms with van der Waals surface area (Å²) in [6.07, 6.45) is -1.84. The summed E-state index contributed by atoms with van der Waals surface area (Å²) in [5.41, 5.74) is 0.235. The lowest BCUT2D eigenvalue weighted by Gasteiger charge is -2.15. The highest BCUT2D eigenvalue weighted by molar-refractivity contribution is 6.00. The van der Waals surface area contributed by atoms with Crippen molar-refractivity contribution in [3.63, 3.8) is 0 Å². The van der Waals surface area contributed by atoms with Crippen molar-refractivity contribution >= 4 is 17.4 Å². The lowest BCUT2D eigenvalue weighted by Crippen LogP contribution is -2.21. The van der Waals surface area contributed by atoms with Crippen LogP contribution < -0.4 is 10.6 Å². The summed E-state index contributed by atoms with van der Waals surface area (Å²) in [6.45, 7) is 4.00. The second-order valence-corrected chi connectivity index (χ2v) is 7.47. The van der Waals surface area contributed by atoms with E-state index in [1.54, 1.807) is 30.5 Å². The van der Waals surface area contributed by atoms with Gasteiger partial charge in [-0.1, -0.05) is 37.6 Å². The second-order valence-electron chi connectivity index (χ2n) is 7.47. The Hall–Kier alpha value is -3.40. The van der Waals surface area contributed by atoms with Gasteiger partial charge < -0.3 is 15.7 Å². The number of aromatic nitrogens is 3. The summed E-state index contributed by atoms with van der Waals surface area (Å²) in [6, 6.07) is 10.4. The Bertz CT molecular complexity index is 1050. The third-order valence-corrected chi connectivity index (χ3v) is 4.97. The summed E-state index contributed by atoms with van der Waals surface area (Å²) < 4.78 is 40.7. The number of amides is 2. The Kier molecular flexibility index (Phi) is 7.14. The van der Waals surface area contributed by atoms with Gasteiger partial charge in [-0.25, -0.2) is 9.48 Å². The van der Waals surface area contributed by atoms with Gasteiger partial charge in [0.25, 0.3) is 0 Å². The first-order valence-corrected chi connectivity index (χ1v) is 10.1. The van der Waals surface area contributed by atoms with Crippen LogP contribution in [-0.4, -0.2) is 26.1 Å². The first-order chi connectivity index (χ1) is 15.2. The zero-order valence-corrected chi connectivity index (χ0v) is 17.6. The van der Waals surface area contributed by atoms with Crippen molar-refractivity contribution in [1.82, 2.24) is 15.0 Å². The van der Waals surface area contributed by atoms with Crippen LogP contribution in [0.2, 0.25) is 0 Å². The third kappa shape index (κ3) is 5.64. The standard InChI is InChI=1S/C22H24F3N5O2/c1-3-6-14(2)20(31)19-13-30(29-28-19)16-11-9-15(10-12-16)26-21(32)27-18-8-5-4-7-17(18)22(23,24)25/h4-5,7-14,20,31H,3,6H2,1-2H3,(H2,26,27,32). The maximum Gasteiger partial charge on any atom is 0.418 e. The minimum Gasteiger partial charge on any atom is -0.386 e. The molecule has 0 saturated carbocycles. The number of carbonyl (C=O) groups is 1. The monoisotopic (exact) mass is 447 g/mol. The minimum absolute atomic E-state index is 0.0534. The Morgan fingerprint density at radius 3 is 2.47 bits per heavy atom. The van der Waals surface area contributed by atoms with E-state index in [1.165, 1.54) is 22.9 Å². The largest absolute Gasteiger partial charge is 0.418 e. The van der Waals surface area contributed by atoms with Gasteiger partial charge in [0.15, 0.2) is 0 Å². The van der Waals surface area contributed by atoms with Crippen LogP contribution in [0.15, 0.2) is 54.7 Å². The number of halogens is 3. The first kappa shape index (κ1) is 23.3. The fourth-order valence-electron chi connectivity index (χ4n) is 3.26. The zero-order chi connectivity index (χ0) is 23.3.